The van der Waals surface area contributed by atoms with E-state index in [1.54, 1.807) is 18.4 Å². The highest BCUT2D eigenvalue weighted by atomic mass is 16.5. The number of carbonyl (C=O) groups excluding carboxylic acids is 2. The minimum atomic E-state index is -0.609. The summed E-state index contributed by atoms with van der Waals surface area (Å²) >= 11 is 0. The quantitative estimate of drug-likeness (QED) is 0.828. The van der Waals surface area contributed by atoms with Gasteiger partial charge in [0.25, 0.3) is 5.91 Å². The molecule has 0 aliphatic heterocycles. The van der Waals surface area contributed by atoms with Crippen molar-refractivity contribution in [3.8, 4) is 0 Å². The summed E-state index contributed by atoms with van der Waals surface area (Å²) in [5.41, 5.74) is 0.367. The fourth-order valence-electron chi connectivity index (χ4n) is 3.27. The number of rotatable bonds is 6. The zero-order chi connectivity index (χ0) is 16.8. The molecule has 0 atom stereocenters. The molecule has 1 aliphatic carbocycles. The Morgan fingerprint density at radius 2 is 1.83 bits per heavy atom. The Hall–Kier alpha value is -2.56. The number of hydrogen-bond donors (Lipinski definition) is 1. The Morgan fingerprint density at radius 3 is 2.50 bits per heavy atom. The van der Waals surface area contributed by atoms with Crippen molar-refractivity contribution in [1.29, 1.82) is 0 Å². The van der Waals surface area contributed by atoms with Crippen molar-refractivity contribution in [1.82, 2.24) is 5.32 Å². The Morgan fingerprint density at radius 1 is 1.08 bits per heavy atom. The lowest BCUT2D eigenvalue weighted by molar-refractivity contribution is -0.154. The van der Waals surface area contributed by atoms with Crippen LogP contribution in [0.25, 0.3) is 0 Å². The third-order valence-electron chi connectivity index (χ3n) is 4.55. The zero-order valence-electron chi connectivity index (χ0n) is 13.5. The molecule has 0 spiro atoms. The summed E-state index contributed by atoms with van der Waals surface area (Å²) in [6.07, 6.45) is 5.07. The van der Waals surface area contributed by atoms with Crippen LogP contribution in [0.2, 0.25) is 0 Å². The first-order valence-electron chi connectivity index (χ1n) is 8.22. The van der Waals surface area contributed by atoms with Crippen LogP contribution in [-0.2, 0) is 26.3 Å². The Labute approximate surface area is 141 Å². The number of furan rings is 1. The molecule has 0 bridgehead atoms. The molecule has 1 saturated carbocycles. The lowest BCUT2D eigenvalue weighted by Crippen LogP contribution is -2.37. The number of hydrogen-bond acceptors (Lipinski definition) is 4. The van der Waals surface area contributed by atoms with E-state index in [9.17, 15) is 9.59 Å². The van der Waals surface area contributed by atoms with Crippen molar-refractivity contribution in [2.45, 2.75) is 37.6 Å². The fourth-order valence-corrected chi connectivity index (χ4v) is 3.27. The topological polar surface area (TPSA) is 68.5 Å². The molecule has 2 aromatic rings. The first-order valence-corrected chi connectivity index (χ1v) is 8.22. The Bertz CT molecular complexity index is 673. The monoisotopic (exact) mass is 327 g/mol. The summed E-state index contributed by atoms with van der Waals surface area (Å²) in [5, 5.41) is 2.67. The average molecular weight is 327 g/mol. The summed E-state index contributed by atoms with van der Waals surface area (Å²) in [6.45, 7) is 0.0152. The van der Waals surface area contributed by atoms with Crippen LogP contribution in [0.5, 0.6) is 0 Å². The lowest BCUT2D eigenvalue weighted by Gasteiger charge is -2.27. The summed E-state index contributed by atoms with van der Waals surface area (Å²) < 4.78 is 10.5. The van der Waals surface area contributed by atoms with Crippen LogP contribution in [0.3, 0.4) is 0 Å². The van der Waals surface area contributed by atoms with Gasteiger partial charge < -0.3 is 14.5 Å². The van der Waals surface area contributed by atoms with Gasteiger partial charge in [0.2, 0.25) is 0 Å². The molecule has 0 saturated heterocycles. The number of nitrogens with one attached hydrogen (secondary N) is 1. The van der Waals surface area contributed by atoms with Crippen molar-refractivity contribution in [2.75, 3.05) is 6.61 Å². The summed E-state index contributed by atoms with van der Waals surface area (Å²) in [5.74, 6) is 0.0199. The van der Waals surface area contributed by atoms with E-state index >= 15 is 0 Å². The van der Waals surface area contributed by atoms with Gasteiger partial charge in [0.15, 0.2) is 6.61 Å². The number of esters is 1. The van der Waals surface area contributed by atoms with Gasteiger partial charge in [0.1, 0.15) is 5.76 Å². The van der Waals surface area contributed by atoms with Crippen LogP contribution in [0.4, 0.5) is 0 Å². The third-order valence-corrected chi connectivity index (χ3v) is 4.55. The van der Waals surface area contributed by atoms with Crippen molar-refractivity contribution in [3.05, 3.63) is 60.1 Å². The molecule has 24 heavy (non-hydrogen) atoms. The number of ether oxygens (including phenoxy) is 1. The largest absolute Gasteiger partial charge is 0.467 e. The van der Waals surface area contributed by atoms with E-state index in [4.69, 9.17) is 9.15 Å². The predicted molar refractivity (Wildman–Crippen MR) is 88.1 cm³/mol. The van der Waals surface area contributed by atoms with E-state index in [1.807, 2.05) is 30.3 Å². The molecule has 3 rings (SSSR count). The highest BCUT2D eigenvalue weighted by Gasteiger charge is 2.44. The average Bonchev–Trinajstić information content (AvgIpc) is 3.30. The minimum absolute atomic E-state index is 0.270. The zero-order valence-corrected chi connectivity index (χ0v) is 13.5. The van der Waals surface area contributed by atoms with E-state index in [0.29, 0.717) is 5.76 Å². The van der Waals surface area contributed by atoms with Gasteiger partial charge in [-0.15, -0.1) is 0 Å². The molecule has 1 N–H and O–H groups in total. The van der Waals surface area contributed by atoms with E-state index in [2.05, 4.69) is 5.32 Å². The maximum atomic E-state index is 12.7. The first kappa shape index (κ1) is 16.3. The predicted octanol–water partition coefficient (Wildman–Crippen LogP) is 2.95. The molecular formula is C19H21NO4. The van der Waals surface area contributed by atoms with Gasteiger partial charge in [-0.05, 0) is 30.5 Å². The normalized spacial score (nSPS) is 15.8. The third kappa shape index (κ3) is 3.50. The lowest BCUT2D eigenvalue weighted by atomic mass is 9.79. The molecule has 1 heterocycles. The van der Waals surface area contributed by atoms with Crippen molar-refractivity contribution in [2.24, 2.45) is 0 Å². The maximum absolute atomic E-state index is 12.7. The number of carbonyl (C=O) groups is 2. The van der Waals surface area contributed by atoms with Crippen LogP contribution in [0.1, 0.15) is 37.0 Å². The fraction of sp³-hybridized carbons (Fsp3) is 0.368. The molecule has 1 fully saturated rings. The van der Waals surface area contributed by atoms with Crippen LogP contribution in [0.15, 0.2) is 53.1 Å². The smallest absolute Gasteiger partial charge is 0.317 e. The second-order valence-corrected chi connectivity index (χ2v) is 6.09. The van der Waals surface area contributed by atoms with Crippen LogP contribution >= 0.6 is 0 Å². The van der Waals surface area contributed by atoms with E-state index in [0.717, 1.165) is 31.2 Å². The molecule has 1 amide bonds. The van der Waals surface area contributed by atoms with E-state index < -0.39 is 5.41 Å². The molecule has 126 valence electrons. The molecule has 1 aromatic carbocycles. The molecular weight excluding hydrogens is 306 g/mol. The summed E-state index contributed by atoms with van der Waals surface area (Å²) in [6, 6.07) is 13.2. The molecule has 5 nitrogen and oxygen atoms in total. The van der Waals surface area contributed by atoms with Crippen LogP contribution < -0.4 is 5.32 Å². The second kappa shape index (κ2) is 7.34. The standard InChI is InChI=1S/C19H21NO4/c21-17(20-13-16-9-6-12-23-16)14-24-18(22)19(10-4-5-11-19)15-7-2-1-3-8-15/h1-3,6-9,12H,4-5,10-11,13-14H2,(H,20,21). The van der Waals surface area contributed by atoms with Crippen molar-refractivity contribution in [3.63, 3.8) is 0 Å². The highest BCUT2D eigenvalue weighted by molar-refractivity contribution is 5.86. The van der Waals surface area contributed by atoms with Gasteiger partial charge >= 0.3 is 5.97 Å². The van der Waals surface area contributed by atoms with Gasteiger partial charge in [-0.25, -0.2) is 0 Å². The Kier molecular flexibility index (Phi) is 4.99. The molecule has 5 heteroatoms. The van der Waals surface area contributed by atoms with E-state index in [-0.39, 0.29) is 25.0 Å². The second-order valence-electron chi connectivity index (χ2n) is 6.09. The van der Waals surface area contributed by atoms with Crippen LogP contribution in [0, 0.1) is 0 Å². The summed E-state index contributed by atoms with van der Waals surface area (Å²) in [7, 11) is 0. The van der Waals surface area contributed by atoms with Gasteiger partial charge in [-0.2, -0.15) is 0 Å². The van der Waals surface area contributed by atoms with Crippen molar-refractivity contribution >= 4 is 11.9 Å². The first-order chi connectivity index (χ1) is 11.7. The van der Waals surface area contributed by atoms with Gasteiger partial charge in [-0.3, -0.25) is 9.59 Å². The van der Waals surface area contributed by atoms with Gasteiger partial charge in [-0.1, -0.05) is 43.2 Å². The van der Waals surface area contributed by atoms with Crippen molar-refractivity contribution < 1.29 is 18.7 Å². The molecule has 1 aromatic heterocycles. The minimum Gasteiger partial charge on any atom is -0.467 e. The molecule has 0 unspecified atom stereocenters. The number of benzene rings is 1. The van der Waals surface area contributed by atoms with E-state index in [1.165, 1.54) is 0 Å². The maximum Gasteiger partial charge on any atom is 0.317 e. The number of amides is 1. The molecule has 0 radical (unpaired) electrons. The summed E-state index contributed by atoms with van der Waals surface area (Å²) in [4.78, 5) is 24.6. The highest BCUT2D eigenvalue weighted by Crippen LogP contribution is 2.42. The van der Waals surface area contributed by atoms with Gasteiger partial charge in [0, 0.05) is 0 Å². The Balaban J connectivity index is 1.57. The SMILES string of the molecule is O=C(COC(=O)C1(c2ccccc2)CCCC1)NCc1ccco1. The molecule has 1 aliphatic rings. The van der Waals surface area contributed by atoms with Crippen LogP contribution in [-0.4, -0.2) is 18.5 Å². The van der Waals surface area contributed by atoms with Gasteiger partial charge in [0.05, 0.1) is 18.2 Å².